The van der Waals surface area contributed by atoms with Crippen LogP contribution in [0.25, 0.3) is 0 Å². The summed E-state index contributed by atoms with van der Waals surface area (Å²) in [6, 6.07) is 32.3. The van der Waals surface area contributed by atoms with Crippen LogP contribution in [0.15, 0.2) is 114 Å². The number of benzene rings is 4. The molecule has 0 bridgehead atoms. The van der Waals surface area contributed by atoms with Gasteiger partial charge in [-0.25, -0.2) is 8.42 Å². The number of nitrogens with one attached hydrogen (secondary N) is 1. The summed E-state index contributed by atoms with van der Waals surface area (Å²) in [5.74, 6) is -0.671. The van der Waals surface area contributed by atoms with Crippen molar-refractivity contribution in [1.29, 1.82) is 0 Å². The van der Waals surface area contributed by atoms with E-state index >= 15 is 0 Å². The molecule has 0 aromatic heterocycles. The summed E-state index contributed by atoms with van der Waals surface area (Å²) < 4.78 is 29.9. The highest BCUT2D eigenvalue weighted by atomic mass is 32.2. The van der Waals surface area contributed by atoms with Crippen LogP contribution in [0, 0.1) is 6.92 Å². The highest BCUT2D eigenvalue weighted by molar-refractivity contribution is 7.92. The molecule has 1 atom stereocenters. The average Bonchev–Trinajstić information content (AvgIpc) is 3.59. The van der Waals surface area contributed by atoms with Crippen molar-refractivity contribution in [3.63, 3.8) is 0 Å². The van der Waals surface area contributed by atoms with Crippen molar-refractivity contribution in [3.05, 3.63) is 131 Å². The number of rotatable bonds is 13. The maximum Gasteiger partial charge on any atom is 0.264 e. The van der Waals surface area contributed by atoms with Gasteiger partial charge < -0.3 is 10.2 Å². The number of carbonyl (C=O) groups excluding carboxylic acids is 2. The summed E-state index contributed by atoms with van der Waals surface area (Å²) in [6.07, 6.45) is 4.82. The van der Waals surface area contributed by atoms with Crippen LogP contribution in [0.3, 0.4) is 0 Å². The van der Waals surface area contributed by atoms with Gasteiger partial charge in [-0.05, 0) is 61.1 Å². The summed E-state index contributed by atoms with van der Waals surface area (Å²) >= 11 is 0. The molecule has 1 fully saturated rings. The van der Waals surface area contributed by atoms with Gasteiger partial charge in [0.2, 0.25) is 11.8 Å². The zero-order valence-corrected chi connectivity index (χ0v) is 27.5. The molecule has 5 rings (SSSR count). The molecule has 1 aliphatic rings. The van der Waals surface area contributed by atoms with Crippen LogP contribution in [0.4, 0.5) is 5.69 Å². The number of para-hydroxylation sites is 1. The zero-order valence-electron chi connectivity index (χ0n) is 26.6. The number of amides is 2. The van der Waals surface area contributed by atoms with E-state index in [1.807, 2.05) is 86.6 Å². The van der Waals surface area contributed by atoms with Crippen molar-refractivity contribution < 1.29 is 18.0 Å². The fourth-order valence-electron chi connectivity index (χ4n) is 6.11. The van der Waals surface area contributed by atoms with Gasteiger partial charge in [0, 0.05) is 19.0 Å². The van der Waals surface area contributed by atoms with E-state index in [1.54, 1.807) is 41.3 Å². The standard InChI is InChI=1S/C38H43N3O4S/c1-3-32-18-10-13-21-35(32)41(46(44,45)34-24-22-29(2)23-25-34)28-37(42)40(27-31-16-8-5-9-17-31)36(26-30-14-6-4-7-15-30)38(43)39-33-19-11-12-20-33/h4-10,13-18,21-25,33,36H,3,11-12,19-20,26-28H2,1-2H3,(H,39,43)/t36-/m1/s1. The highest BCUT2D eigenvalue weighted by Gasteiger charge is 2.36. The van der Waals surface area contributed by atoms with Crippen LogP contribution in [0.5, 0.6) is 0 Å². The Balaban J connectivity index is 1.57. The van der Waals surface area contributed by atoms with Crippen LogP contribution < -0.4 is 9.62 Å². The van der Waals surface area contributed by atoms with Crippen LogP contribution in [-0.2, 0) is 39.0 Å². The molecule has 0 unspecified atom stereocenters. The number of anilines is 1. The maximum atomic E-state index is 14.7. The van der Waals surface area contributed by atoms with Gasteiger partial charge >= 0.3 is 0 Å². The van der Waals surface area contributed by atoms with Crippen molar-refractivity contribution in [1.82, 2.24) is 10.2 Å². The van der Waals surface area contributed by atoms with E-state index in [0.717, 1.165) is 47.9 Å². The Bertz CT molecular complexity index is 1700. The van der Waals surface area contributed by atoms with E-state index < -0.39 is 28.5 Å². The molecule has 240 valence electrons. The van der Waals surface area contributed by atoms with Gasteiger partial charge in [-0.15, -0.1) is 0 Å². The number of hydrogen-bond donors (Lipinski definition) is 1. The molecule has 4 aromatic rings. The number of hydrogen-bond acceptors (Lipinski definition) is 4. The summed E-state index contributed by atoms with van der Waals surface area (Å²) in [4.78, 5) is 30.5. The molecule has 4 aromatic carbocycles. The summed E-state index contributed by atoms with van der Waals surface area (Å²) in [6.45, 7) is 3.56. The summed E-state index contributed by atoms with van der Waals surface area (Å²) in [5, 5.41) is 3.22. The molecule has 1 saturated carbocycles. The van der Waals surface area contributed by atoms with Gasteiger partial charge in [-0.3, -0.25) is 13.9 Å². The SMILES string of the molecule is CCc1ccccc1N(CC(=O)N(Cc1ccccc1)[C@H](Cc1ccccc1)C(=O)NC1CCCC1)S(=O)(=O)c1ccc(C)cc1. The first kappa shape index (κ1) is 32.9. The molecule has 8 heteroatoms. The number of aryl methyl sites for hydroxylation is 2. The first-order valence-corrected chi connectivity index (χ1v) is 17.5. The summed E-state index contributed by atoms with van der Waals surface area (Å²) in [7, 11) is -4.14. The Hall–Kier alpha value is -4.43. The lowest BCUT2D eigenvalue weighted by molar-refractivity contribution is -0.140. The Labute approximate surface area is 273 Å². The molecule has 46 heavy (non-hydrogen) atoms. The second-order valence-corrected chi connectivity index (χ2v) is 13.9. The van der Waals surface area contributed by atoms with Crippen molar-refractivity contribution in [2.24, 2.45) is 0 Å². The largest absolute Gasteiger partial charge is 0.352 e. The van der Waals surface area contributed by atoms with Gasteiger partial charge in [0.1, 0.15) is 12.6 Å². The minimum absolute atomic E-state index is 0.0642. The third-order valence-electron chi connectivity index (χ3n) is 8.70. The lowest BCUT2D eigenvalue weighted by Gasteiger charge is -2.34. The predicted octanol–water partition coefficient (Wildman–Crippen LogP) is 6.45. The topological polar surface area (TPSA) is 86.8 Å². The van der Waals surface area contributed by atoms with E-state index in [9.17, 15) is 18.0 Å². The first-order valence-electron chi connectivity index (χ1n) is 16.1. The Kier molecular flexibility index (Phi) is 10.9. The third kappa shape index (κ3) is 8.04. The van der Waals surface area contributed by atoms with Crippen LogP contribution in [0.2, 0.25) is 0 Å². The van der Waals surface area contributed by atoms with Gasteiger partial charge in [0.25, 0.3) is 10.0 Å². The van der Waals surface area contributed by atoms with Crippen LogP contribution in [-0.4, -0.2) is 43.8 Å². The molecule has 0 heterocycles. The molecule has 1 N–H and O–H groups in total. The molecular formula is C38H43N3O4S. The highest BCUT2D eigenvalue weighted by Crippen LogP contribution is 2.29. The monoisotopic (exact) mass is 637 g/mol. The van der Waals surface area contributed by atoms with Gasteiger partial charge in [-0.1, -0.05) is 116 Å². The second kappa shape index (κ2) is 15.2. The predicted molar refractivity (Wildman–Crippen MR) is 183 cm³/mol. The first-order chi connectivity index (χ1) is 22.3. The van der Waals surface area contributed by atoms with Crippen molar-refractivity contribution >= 4 is 27.5 Å². The van der Waals surface area contributed by atoms with E-state index in [4.69, 9.17) is 0 Å². The molecule has 0 spiro atoms. The van der Waals surface area contributed by atoms with Gasteiger partial charge in [-0.2, -0.15) is 0 Å². The molecule has 0 radical (unpaired) electrons. The Morgan fingerprint density at radius 3 is 2.02 bits per heavy atom. The molecule has 1 aliphatic carbocycles. The van der Waals surface area contributed by atoms with E-state index in [0.29, 0.717) is 18.5 Å². The second-order valence-electron chi connectivity index (χ2n) is 12.0. The molecule has 7 nitrogen and oxygen atoms in total. The average molecular weight is 638 g/mol. The molecule has 2 amide bonds. The van der Waals surface area contributed by atoms with Crippen LogP contribution in [0.1, 0.15) is 54.9 Å². The maximum absolute atomic E-state index is 14.7. The summed E-state index contributed by atoms with van der Waals surface area (Å²) in [5.41, 5.74) is 3.96. The fraction of sp³-hybridized carbons (Fsp3) is 0.316. The van der Waals surface area contributed by atoms with E-state index in [1.165, 1.54) is 4.31 Å². The van der Waals surface area contributed by atoms with E-state index in [-0.39, 0.29) is 23.4 Å². The molecular weight excluding hydrogens is 595 g/mol. The lowest BCUT2D eigenvalue weighted by atomic mass is 10.0. The minimum Gasteiger partial charge on any atom is -0.352 e. The molecule has 0 saturated heterocycles. The van der Waals surface area contributed by atoms with Crippen LogP contribution >= 0.6 is 0 Å². The Morgan fingerprint density at radius 2 is 1.39 bits per heavy atom. The van der Waals surface area contributed by atoms with Crippen molar-refractivity contribution in [3.8, 4) is 0 Å². The third-order valence-corrected chi connectivity index (χ3v) is 10.5. The number of sulfonamides is 1. The van der Waals surface area contributed by atoms with Gasteiger partial charge in [0.05, 0.1) is 10.6 Å². The van der Waals surface area contributed by atoms with Crippen molar-refractivity contribution in [2.45, 2.75) is 75.9 Å². The quantitative estimate of drug-likeness (QED) is 0.183. The van der Waals surface area contributed by atoms with Gasteiger partial charge in [0.15, 0.2) is 0 Å². The lowest BCUT2D eigenvalue weighted by Crippen LogP contribution is -2.54. The normalized spacial score (nSPS) is 14.0. The fourth-order valence-corrected chi connectivity index (χ4v) is 7.56. The molecule has 0 aliphatic heterocycles. The smallest absolute Gasteiger partial charge is 0.264 e. The van der Waals surface area contributed by atoms with Crippen molar-refractivity contribution in [2.75, 3.05) is 10.8 Å². The zero-order chi connectivity index (χ0) is 32.5. The Morgan fingerprint density at radius 1 is 0.804 bits per heavy atom. The van der Waals surface area contributed by atoms with E-state index in [2.05, 4.69) is 5.32 Å². The number of carbonyl (C=O) groups is 2. The number of nitrogens with zero attached hydrogens (tertiary/aromatic N) is 2. The minimum atomic E-state index is -4.14.